The van der Waals surface area contributed by atoms with Crippen molar-refractivity contribution in [2.45, 2.75) is 14.7 Å². The van der Waals surface area contributed by atoms with E-state index < -0.39 is 19.5 Å². The van der Waals surface area contributed by atoms with E-state index in [1.54, 1.807) is 11.3 Å². The SMILES string of the molecule is [F][Sb-]([F])([F])([F])([F])[F].c1ccc([S+](c2ccccc2)c2ccc(-c3cccc4sccc34)cc2)cc1. The molecule has 0 radical (unpaired) electrons. The zero-order valence-electron chi connectivity index (χ0n) is 18.0. The average molecular weight is 631 g/mol. The van der Waals surface area contributed by atoms with Crippen LogP contribution in [0.3, 0.4) is 0 Å². The minimum Gasteiger partial charge on any atom is -0.144 e. The van der Waals surface area contributed by atoms with Crippen LogP contribution in [-0.2, 0) is 10.9 Å². The molecule has 5 aromatic rings. The van der Waals surface area contributed by atoms with Crippen LogP contribution in [0.1, 0.15) is 0 Å². The van der Waals surface area contributed by atoms with E-state index in [9.17, 15) is 16.9 Å². The molecule has 0 atom stereocenters. The summed E-state index contributed by atoms with van der Waals surface area (Å²) in [6.45, 7) is 0. The first-order valence-electron chi connectivity index (χ1n) is 10.3. The fourth-order valence-electron chi connectivity index (χ4n) is 3.54. The van der Waals surface area contributed by atoms with Crippen molar-refractivity contribution in [1.82, 2.24) is 0 Å². The predicted octanol–water partition coefficient (Wildman–Crippen LogP) is 9.80. The summed E-state index contributed by atoms with van der Waals surface area (Å²) in [5, 5.41) is 3.51. The van der Waals surface area contributed by atoms with Gasteiger partial charge < -0.3 is 0 Å². The quantitative estimate of drug-likeness (QED) is 0.105. The van der Waals surface area contributed by atoms with Crippen LogP contribution in [0.25, 0.3) is 21.2 Å². The molecule has 0 aliphatic rings. The Balaban J connectivity index is 0.000000364. The van der Waals surface area contributed by atoms with Crippen LogP contribution >= 0.6 is 11.3 Å². The van der Waals surface area contributed by atoms with Gasteiger partial charge in [-0.1, -0.05) is 48.5 Å². The molecule has 0 nitrogen and oxygen atoms in total. The summed E-state index contributed by atoms with van der Waals surface area (Å²) in [4.78, 5) is 4.04. The molecule has 0 aliphatic carbocycles. The number of hydrogen-bond donors (Lipinski definition) is 0. The van der Waals surface area contributed by atoms with Crippen molar-refractivity contribution in [1.29, 1.82) is 0 Å². The first kappa shape index (κ1) is 25.7. The van der Waals surface area contributed by atoms with Crippen molar-refractivity contribution in [2.24, 2.45) is 0 Å². The molecule has 0 spiro atoms. The largest absolute Gasteiger partial charge is 0.166 e. The minimum absolute atomic E-state index is 0.0966. The molecule has 1 heterocycles. The maximum Gasteiger partial charge on any atom is 0.166 e. The van der Waals surface area contributed by atoms with Crippen molar-refractivity contribution < 1.29 is 16.9 Å². The number of thiophene rings is 1. The van der Waals surface area contributed by atoms with Gasteiger partial charge in [-0.25, -0.2) is 0 Å². The Morgan fingerprint density at radius 1 is 0.514 bits per heavy atom. The Labute approximate surface area is 208 Å². The van der Waals surface area contributed by atoms with Gasteiger partial charge in [0.15, 0.2) is 14.7 Å². The number of halogens is 6. The summed E-state index contributed by atoms with van der Waals surface area (Å²) in [5.74, 6) is 0. The normalized spacial score (nSPS) is 13.6. The Kier molecular flexibility index (Phi) is 6.77. The Bertz CT molecular complexity index is 1370. The summed E-state index contributed by atoms with van der Waals surface area (Å²) in [7, 11) is -0.0966. The van der Waals surface area contributed by atoms with Crippen LogP contribution in [0, 0.1) is 0 Å². The third kappa shape index (κ3) is 7.79. The van der Waals surface area contributed by atoms with Gasteiger partial charge in [0, 0.05) is 10.1 Å². The summed E-state index contributed by atoms with van der Waals surface area (Å²) < 4.78 is 60.9. The molecule has 0 saturated carbocycles. The van der Waals surface area contributed by atoms with Gasteiger partial charge in [-0.3, -0.25) is 0 Å². The van der Waals surface area contributed by atoms with Crippen LogP contribution in [0.2, 0.25) is 0 Å². The zero-order chi connectivity index (χ0) is 25.2. The second-order valence-corrected chi connectivity index (χ2v) is 16.0. The topological polar surface area (TPSA) is 0 Å². The van der Waals surface area contributed by atoms with Crippen molar-refractivity contribution in [3.63, 3.8) is 0 Å². The van der Waals surface area contributed by atoms with E-state index in [0.717, 1.165) is 0 Å². The molecule has 0 N–H and O–H groups in total. The second kappa shape index (κ2) is 9.23. The molecule has 9 heteroatoms. The Morgan fingerprint density at radius 2 is 1.00 bits per heavy atom. The zero-order valence-corrected chi connectivity index (χ0v) is 22.2. The van der Waals surface area contributed by atoms with E-state index in [1.165, 1.54) is 35.9 Å². The van der Waals surface area contributed by atoms with Gasteiger partial charge in [-0.15, -0.1) is 11.3 Å². The maximum absolute atomic E-state index is 11.2. The molecule has 4 aromatic carbocycles. The van der Waals surface area contributed by atoms with Crippen LogP contribution in [0.15, 0.2) is 129 Å². The number of fused-ring (bicyclic) bond motifs is 1. The summed E-state index contributed by atoms with van der Waals surface area (Å²) in [6, 6.07) is 39.5. The molecule has 0 amide bonds. The molecular weight excluding hydrogens is 612 g/mol. The van der Waals surface area contributed by atoms with E-state index in [1.807, 2.05) is 0 Å². The van der Waals surface area contributed by atoms with E-state index in [-0.39, 0.29) is 10.9 Å². The molecule has 0 saturated heterocycles. The summed E-state index contributed by atoms with van der Waals surface area (Å²) in [6.07, 6.45) is 0. The predicted molar refractivity (Wildman–Crippen MR) is 135 cm³/mol. The van der Waals surface area contributed by atoms with Gasteiger partial charge in [0.25, 0.3) is 0 Å². The van der Waals surface area contributed by atoms with Crippen LogP contribution in [0.4, 0.5) is 16.9 Å². The van der Waals surface area contributed by atoms with Crippen molar-refractivity contribution in [2.75, 3.05) is 0 Å². The molecule has 0 unspecified atom stereocenters. The van der Waals surface area contributed by atoms with Crippen LogP contribution in [0.5, 0.6) is 0 Å². The molecular formula is C26H19F6S2Sb. The van der Waals surface area contributed by atoms with Gasteiger partial charge >= 0.3 is 36.4 Å². The molecule has 182 valence electrons. The van der Waals surface area contributed by atoms with E-state index in [4.69, 9.17) is 0 Å². The second-order valence-electron chi connectivity index (χ2n) is 7.55. The van der Waals surface area contributed by atoms with Crippen LogP contribution in [-0.4, -0.2) is 19.5 Å². The standard InChI is InChI=1S/C26H19S2.6FH.Sb/c1-3-8-21(9-4-1)28(22-10-5-2-6-11-22)23-16-14-20(15-17-23)24-12-7-13-26-25(24)18-19-27-26;;;;;;;/h1-19H;6*1H;/q+1;;;;;;;+5/p-6. The van der Waals surface area contributed by atoms with Crippen LogP contribution < -0.4 is 0 Å². The fourth-order valence-corrected chi connectivity index (χ4v) is 6.43. The monoisotopic (exact) mass is 630 g/mol. The third-order valence-electron chi connectivity index (χ3n) is 4.85. The van der Waals surface area contributed by atoms with Gasteiger partial charge in [0.2, 0.25) is 0 Å². The van der Waals surface area contributed by atoms with Crippen molar-refractivity contribution in [3.8, 4) is 11.1 Å². The Hall–Kier alpha value is -2.41. The van der Waals surface area contributed by atoms with E-state index >= 15 is 0 Å². The summed E-state index contributed by atoms with van der Waals surface area (Å²) >= 11 is -9.45. The molecule has 1 aromatic heterocycles. The third-order valence-corrected chi connectivity index (χ3v) is 7.97. The first-order valence-corrected chi connectivity index (χ1v) is 18.2. The van der Waals surface area contributed by atoms with Crippen molar-refractivity contribution in [3.05, 3.63) is 115 Å². The van der Waals surface area contributed by atoms with Gasteiger partial charge in [-0.05, 0) is 77.2 Å². The molecule has 35 heavy (non-hydrogen) atoms. The average Bonchev–Trinajstić information content (AvgIpc) is 3.28. The fraction of sp³-hybridized carbons (Fsp3) is 0. The molecule has 0 bridgehead atoms. The molecule has 0 aliphatic heterocycles. The molecule has 5 rings (SSSR count). The number of benzene rings is 4. The Morgan fingerprint density at radius 3 is 1.51 bits per heavy atom. The van der Waals surface area contributed by atoms with Crippen molar-refractivity contribution >= 4 is 51.8 Å². The summed E-state index contributed by atoms with van der Waals surface area (Å²) in [5.41, 5.74) is 2.59. The van der Waals surface area contributed by atoms with Gasteiger partial charge in [0.1, 0.15) is 0 Å². The van der Waals surface area contributed by atoms with Gasteiger partial charge in [0.05, 0.1) is 10.9 Å². The van der Waals surface area contributed by atoms with E-state index in [0.29, 0.717) is 0 Å². The number of hydrogen-bond acceptors (Lipinski definition) is 1. The number of rotatable bonds is 4. The first-order chi connectivity index (χ1) is 16.3. The maximum atomic E-state index is 9.93. The minimum atomic E-state index is -11.2. The van der Waals surface area contributed by atoms with E-state index in [2.05, 4.69) is 115 Å². The van der Waals surface area contributed by atoms with Gasteiger partial charge in [-0.2, -0.15) is 0 Å². The smallest absolute Gasteiger partial charge is 0.144 e. The molecule has 0 fully saturated rings.